The molecule has 0 aliphatic carbocycles. The van der Waals surface area contributed by atoms with E-state index in [1.165, 1.54) is 11.3 Å². The van der Waals surface area contributed by atoms with Crippen LogP contribution in [0.15, 0.2) is 24.3 Å². The third kappa shape index (κ3) is 3.86. The Bertz CT molecular complexity index is 275. The standard InChI is InChI=1S/C14H24N2/c1-4-15-12-11-13-7-9-14(10-8-13)16(5-2)6-3/h7-10,15H,4-6,11-12H2,1-3H3. The van der Waals surface area contributed by atoms with Gasteiger partial charge in [-0.05, 0) is 51.1 Å². The Morgan fingerprint density at radius 3 is 2.12 bits per heavy atom. The molecule has 1 aromatic rings. The summed E-state index contributed by atoms with van der Waals surface area (Å²) in [7, 11) is 0. The average molecular weight is 220 g/mol. The molecule has 0 unspecified atom stereocenters. The molecule has 2 heteroatoms. The minimum Gasteiger partial charge on any atom is -0.372 e. The van der Waals surface area contributed by atoms with Gasteiger partial charge in [-0.15, -0.1) is 0 Å². The molecule has 2 nitrogen and oxygen atoms in total. The van der Waals surface area contributed by atoms with E-state index in [0.29, 0.717) is 0 Å². The van der Waals surface area contributed by atoms with Gasteiger partial charge in [0.25, 0.3) is 0 Å². The number of nitrogens with zero attached hydrogens (tertiary/aromatic N) is 1. The Balaban J connectivity index is 2.53. The average Bonchev–Trinajstić information content (AvgIpc) is 2.33. The summed E-state index contributed by atoms with van der Waals surface area (Å²) in [5, 5.41) is 3.35. The molecule has 0 saturated carbocycles. The highest BCUT2D eigenvalue weighted by atomic mass is 15.1. The van der Waals surface area contributed by atoms with Gasteiger partial charge in [-0.25, -0.2) is 0 Å². The van der Waals surface area contributed by atoms with Gasteiger partial charge in [-0.1, -0.05) is 19.1 Å². The lowest BCUT2D eigenvalue weighted by atomic mass is 10.1. The van der Waals surface area contributed by atoms with E-state index in [9.17, 15) is 0 Å². The van der Waals surface area contributed by atoms with Crippen molar-refractivity contribution in [2.24, 2.45) is 0 Å². The molecule has 16 heavy (non-hydrogen) atoms. The molecule has 1 rings (SSSR count). The molecule has 0 saturated heterocycles. The Hall–Kier alpha value is -1.02. The normalized spacial score (nSPS) is 10.4. The van der Waals surface area contributed by atoms with E-state index in [-0.39, 0.29) is 0 Å². The van der Waals surface area contributed by atoms with Crippen molar-refractivity contribution in [3.8, 4) is 0 Å². The minimum absolute atomic E-state index is 1.05. The summed E-state index contributed by atoms with van der Waals surface area (Å²) in [6.45, 7) is 10.8. The van der Waals surface area contributed by atoms with Gasteiger partial charge in [0, 0.05) is 18.8 Å². The van der Waals surface area contributed by atoms with Crippen LogP contribution in [0.25, 0.3) is 0 Å². The van der Waals surface area contributed by atoms with Crippen molar-refractivity contribution in [1.29, 1.82) is 0 Å². The lowest BCUT2D eigenvalue weighted by molar-refractivity contribution is 0.716. The first-order valence-electron chi connectivity index (χ1n) is 6.36. The Kier molecular flexibility index (Phi) is 5.94. The van der Waals surface area contributed by atoms with E-state index in [4.69, 9.17) is 0 Å². The lowest BCUT2D eigenvalue weighted by Crippen LogP contribution is -2.21. The Morgan fingerprint density at radius 1 is 1.00 bits per heavy atom. The fraction of sp³-hybridized carbons (Fsp3) is 0.571. The summed E-state index contributed by atoms with van der Waals surface area (Å²) in [5.41, 5.74) is 2.74. The van der Waals surface area contributed by atoms with Gasteiger partial charge in [-0.3, -0.25) is 0 Å². The highest BCUT2D eigenvalue weighted by Crippen LogP contribution is 2.14. The zero-order valence-electron chi connectivity index (χ0n) is 10.8. The molecule has 0 aliphatic heterocycles. The summed E-state index contributed by atoms with van der Waals surface area (Å²) in [6.07, 6.45) is 1.12. The van der Waals surface area contributed by atoms with Gasteiger partial charge in [0.05, 0.1) is 0 Å². The number of hydrogen-bond acceptors (Lipinski definition) is 2. The van der Waals surface area contributed by atoms with Crippen LogP contribution in [0, 0.1) is 0 Å². The minimum atomic E-state index is 1.05. The highest BCUT2D eigenvalue weighted by Gasteiger charge is 2.00. The van der Waals surface area contributed by atoms with E-state index in [1.54, 1.807) is 0 Å². The largest absolute Gasteiger partial charge is 0.372 e. The fourth-order valence-corrected chi connectivity index (χ4v) is 1.87. The highest BCUT2D eigenvalue weighted by molar-refractivity contribution is 5.47. The van der Waals surface area contributed by atoms with Crippen LogP contribution in [-0.4, -0.2) is 26.2 Å². The Labute approximate surface area is 99.7 Å². The molecule has 90 valence electrons. The van der Waals surface area contributed by atoms with Gasteiger partial charge in [0.1, 0.15) is 0 Å². The van der Waals surface area contributed by atoms with Gasteiger partial charge < -0.3 is 10.2 Å². The van der Waals surface area contributed by atoms with Crippen molar-refractivity contribution < 1.29 is 0 Å². The number of anilines is 1. The predicted octanol–water partition coefficient (Wildman–Crippen LogP) is 2.68. The zero-order valence-corrected chi connectivity index (χ0v) is 10.8. The van der Waals surface area contributed by atoms with Crippen molar-refractivity contribution >= 4 is 5.69 Å². The maximum atomic E-state index is 3.35. The van der Waals surface area contributed by atoms with Crippen LogP contribution in [0.5, 0.6) is 0 Å². The van der Waals surface area contributed by atoms with Crippen LogP contribution in [0.4, 0.5) is 5.69 Å². The van der Waals surface area contributed by atoms with Crippen molar-refractivity contribution in [1.82, 2.24) is 5.32 Å². The van der Waals surface area contributed by atoms with Gasteiger partial charge in [-0.2, -0.15) is 0 Å². The summed E-state index contributed by atoms with van der Waals surface area (Å²) >= 11 is 0. The van der Waals surface area contributed by atoms with E-state index in [0.717, 1.165) is 32.6 Å². The van der Waals surface area contributed by atoms with Crippen LogP contribution in [-0.2, 0) is 6.42 Å². The van der Waals surface area contributed by atoms with Crippen molar-refractivity contribution in [3.05, 3.63) is 29.8 Å². The summed E-state index contributed by atoms with van der Waals surface area (Å²) in [5.74, 6) is 0. The summed E-state index contributed by atoms with van der Waals surface area (Å²) in [6, 6.07) is 8.94. The molecule has 0 bridgehead atoms. The van der Waals surface area contributed by atoms with Gasteiger partial charge in [0.2, 0.25) is 0 Å². The topological polar surface area (TPSA) is 15.3 Å². The maximum Gasteiger partial charge on any atom is 0.0366 e. The molecule has 1 N–H and O–H groups in total. The molecule has 0 spiro atoms. The Morgan fingerprint density at radius 2 is 1.62 bits per heavy atom. The van der Waals surface area contributed by atoms with Crippen molar-refractivity contribution in [2.75, 3.05) is 31.1 Å². The molecule has 0 aliphatic rings. The molecule has 0 amide bonds. The molecular formula is C14H24N2. The third-order valence-corrected chi connectivity index (χ3v) is 2.91. The van der Waals surface area contributed by atoms with Crippen LogP contribution < -0.4 is 10.2 Å². The first-order chi connectivity index (χ1) is 7.81. The van der Waals surface area contributed by atoms with E-state index < -0.39 is 0 Å². The van der Waals surface area contributed by atoms with Gasteiger partial charge >= 0.3 is 0 Å². The van der Waals surface area contributed by atoms with Crippen LogP contribution in [0.3, 0.4) is 0 Å². The summed E-state index contributed by atoms with van der Waals surface area (Å²) in [4.78, 5) is 2.37. The van der Waals surface area contributed by atoms with E-state index in [2.05, 4.69) is 55.3 Å². The van der Waals surface area contributed by atoms with Crippen LogP contribution >= 0.6 is 0 Å². The first kappa shape index (κ1) is 13.0. The molecule has 0 atom stereocenters. The number of benzene rings is 1. The number of likely N-dealkylation sites (N-methyl/N-ethyl adjacent to an activating group) is 1. The lowest BCUT2D eigenvalue weighted by Gasteiger charge is -2.21. The van der Waals surface area contributed by atoms with Crippen molar-refractivity contribution in [2.45, 2.75) is 27.2 Å². The second-order valence-electron chi connectivity index (χ2n) is 3.94. The second-order valence-corrected chi connectivity index (χ2v) is 3.94. The molecule has 1 aromatic carbocycles. The molecule has 0 heterocycles. The second kappa shape index (κ2) is 7.29. The quantitative estimate of drug-likeness (QED) is 0.711. The number of hydrogen-bond donors (Lipinski definition) is 1. The van der Waals surface area contributed by atoms with E-state index in [1.807, 2.05) is 0 Å². The van der Waals surface area contributed by atoms with Crippen LogP contribution in [0.1, 0.15) is 26.3 Å². The molecule has 0 aromatic heterocycles. The molecule has 0 fully saturated rings. The third-order valence-electron chi connectivity index (χ3n) is 2.91. The van der Waals surface area contributed by atoms with Crippen molar-refractivity contribution in [3.63, 3.8) is 0 Å². The molecule has 0 radical (unpaired) electrons. The zero-order chi connectivity index (χ0) is 11.8. The predicted molar refractivity (Wildman–Crippen MR) is 72.3 cm³/mol. The van der Waals surface area contributed by atoms with Gasteiger partial charge in [0.15, 0.2) is 0 Å². The maximum absolute atomic E-state index is 3.35. The monoisotopic (exact) mass is 220 g/mol. The first-order valence-corrected chi connectivity index (χ1v) is 6.36. The smallest absolute Gasteiger partial charge is 0.0366 e. The number of rotatable bonds is 7. The van der Waals surface area contributed by atoms with E-state index >= 15 is 0 Å². The summed E-state index contributed by atoms with van der Waals surface area (Å²) < 4.78 is 0. The fourth-order valence-electron chi connectivity index (χ4n) is 1.87. The van der Waals surface area contributed by atoms with Crippen LogP contribution in [0.2, 0.25) is 0 Å². The molecular weight excluding hydrogens is 196 g/mol. The number of nitrogens with one attached hydrogen (secondary N) is 1. The SMILES string of the molecule is CCNCCc1ccc(N(CC)CC)cc1.